The second-order valence-corrected chi connectivity index (χ2v) is 8.16. The Morgan fingerprint density at radius 1 is 1.08 bits per heavy atom. The molecule has 38 heavy (non-hydrogen) atoms. The average Bonchev–Trinajstić information content (AvgIpc) is 2.93. The van der Waals surface area contributed by atoms with E-state index in [0.29, 0.717) is 31.1 Å². The molecule has 0 radical (unpaired) electrons. The molecule has 0 atom stereocenters. The number of nitrogens with one attached hydrogen (secondary N) is 2. The number of nitriles is 1. The Bertz CT molecular complexity index is 1340. The van der Waals surface area contributed by atoms with E-state index in [1.54, 1.807) is 24.3 Å². The summed E-state index contributed by atoms with van der Waals surface area (Å²) in [6.45, 7) is 11.1. The van der Waals surface area contributed by atoms with Gasteiger partial charge in [-0.1, -0.05) is 6.08 Å². The average molecular weight is 519 g/mol. The summed E-state index contributed by atoms with van der Waals surface area (Å²) in [4.78, 5) is 18.0. The number of morpholine rings is 1. The molecule has 2 heterocycles. The van der Waals surface area contributed by atoms with Gasteiger partial charge in [-0.2, -0.15) is 20.2 Å². The van der Waals surface area contributed by atoms with Gasteiger partial charge in [0.25, 0.3) is 0 Å². The molecule has 2 N–H and O–H groups in total. The molecular weight excluding hydrogens is 494 g/mol. The van der Waals surface area contributed by atoms with Crippen LogP contribution >= 0.6 is 0 Å². The minimum atomic E-state index is -0.885. The van der Waals surface area contributed by atoms with Gasteiger partial charge < -0.3 is 20.1 Å². The third-order valence-electron chi connectivity index (χ3n) is 5.48. The minimum absolute atomic E-state index is 0.0296. The van der Waals surface area contributed by atoms with Gasteiger partial charge in [0.2, 0.25) is 11.9 Å². The Morgan fingerprint density at radius 2 is 1.76 bits per heavy atom. The van der Waals surface area contributed by atoms with E-state index in [1.165, 1.54) is 6.08 Å². The number of aromatic nitrogens is 3. The highest BCUT2D eigenvalue weighted by Crippen LogP contribution is 2.26. The highest BCUT2D eigenvalue weighted by atomic mass is 19.1. The van der Waals surface area contributed by atoms with Crippen molar-refractivity contribution in [1.29, 1.82) is 5.26 Å². The van der Waals surface area contributed by atoms with E-state index >= 15 is 0 Å². The summed E-state index contributed by atoms with van der Waals surface area (Å²) in [6.07, 6.45) is 3.13. The first-order valence-electron chi connectivity index (χ1n) is 11.8. The van der Waals surface area contributed by atoms with Crippen molar-refractivity contribution in [2.45, 2.75) is 6.42 Å². The van der Waals surface area contributed by atoms with E-state index in [1.807, 2.05) is 6.07 Å². The van der Waals surface area contributed by atoms with Crippen molar-refractivity contribution in [3.05, 3.63) is 76.8 Å². The van der Waals surface area contributed by atoms with Gasteiger partial charge in [-0.25, -0.2) is 13.6 Å². The lowest BCUT2D eigenvalue weighted by atomic mass is 10.2. The molecule has 1 aliphatic rings. The smallest absolute Gasteiger partial charge is 0.323 e. The zero-order chi connectivity index (χ0) is 26.7. The van der Waals surface area contributed by atoms with Crippen molar-refractivity contribution in [2.24, 2.45) is 0 Å². The molecule has 0 bridgehead atoms. The van der Waals surface area contributed by atoms with Crippen molar-refractivity contribution >= 4 is 29.3 Å². The molecule has 194 valence electrons. The van der Waals surface area contributed by atoms with Crippen molar-refractivity contribution in [2.75, 3.05) is 50.1 Å². The van der Waals surface area contributed by atoms with Crippen LogP contribution in [-0.2, 0) is 4.74 Å². The Labute approximate surface area is 218 Å². The third-order valence-corrected chi connectivity index (χ3v) is 5.48. The molecule has 1 saturated heterocycles. The Morgan fingerprint density at radius 3 is 2.42 bits per heavy atom. The number of halogens is 2. The molecule has 0 amide bonds. The quantitative estimate of drug-likeness (QED) is 0.296. The molecule has 0 unspecified atom stereocenters. The predicted octanol–water partition coefficient (Wildman–Crippen LogP) is 4.50. The van der Waals surface area contributed by atoms with Crippen molar-refractivity contribution in [3.63, 3.8) is 0 Å². The monoisotopic (exact) mass is 518 g/mol. The number of ether oxygens (including phenoxy) is 2. The van der Waals surface area contributed by atoms with Gasteiger partial charge in [-0.05, 0) is 48.4 Å². The van der Waals surface area contributed by atoms with Gasteiger partial charge in [0.05, 0.1) is 38.0 Å². The Balaban J connectivity index is 1.53. The fraction of sp³-hybridized carbons (Fsp3) is 0.269. The molecular formula is C26H24F2N8O2. The van der Waals surface area contributed by atoms with E-state index < -0.39 is 17.3 Å². The van der Waals surface area contributed by atoms with Crippen LogP contribution in [0.4, 0.5) is 32.1 Å². The number of nitrogens with zero attached hydrogens (tertiary/aromatic N) is 6. The van der Waals surface area contributed by atoms with Crippen LogP contribution < -0.4 is 15.4 Å². The highest BCUT2D eigenvalue weighted by molar-refractivity contribution is 5.62. The zero-order valence-electron chi connectivity index (χ0n) is 20.3. The lowest BCUT2D eigenvalue weighted by Gasteiger charge is -2.26. The molecule has 1 aliphatic heterocycles. The van der Waals surface area contributed by atoms with Gasteiger partial charge >= 0.3 is 6.01 Å². The molecule has 10 nitrogen and oxygen atoms in total. The van der Waals surface area contributed by atoms with E-state index in [0.717, 1.165) is 44.4 Å². The second-order valence-electron chi connectivity index (χ2n) is 8.16. The lowest BCUT2D eigenvalue weighted by molar-refractivity contribution is 0.0356. The molecule has 0 spiro atoms. The largest absolute Gasteiger partial charge is 0.463 e. The van der Waals surface area contributed by atoms with Crippen LogP contribution in [-0.4, -0.2) is 59.3 Å². The Kier molecular flexibility index (Phi) is 9.07. The SMILES string of the molecule is [C-]#[N+]/C=C/c1cc(F)c(Nc2nc(Nc3ccc(C#N)cc3)nc(OCCCN3CCOCC3)n2)c(F)c1. The minimum Gasteiger partial charge on any atom is -0.463 e. The van der Waals surface area contributed by atoms with Crippen LogP contribution in [0.25, 0.3) is 10.9 Å². The van der Waals surface area contributed by atoms with Crippen molar-refractivity contribution < 1.29 is 18.3 Å². The standard InChI is InChI=1S/C26H24F2N8O2/c1-30-8-7-19-15-21(27)23(22(28)16-19)32-25-33-24(31-20-5-3-18(17-29)4-6-20)34-26(35-25)38-12-2-9-36-10-13-37-14-11-36/h3-8,15-16H,2,9-14H2,(H2,31,32,33,34,35)/b8-7+. The number of hydrogen-bond donors (Lipinski definition) is 2. The molecule has 12 heteroatoms. The summed E-state index contributed by atoms with van der Waals surface area (Å²) in [5, 5.41) is 14.6. The summed E-state index contributed by atoms with van der Waals surface area (Å²) in [5.74, 6) is -1.83. The fourth-order valence-electron chi connectivity index (χ4n) is 3.61. The fourth-order valence-corrected chi connectivity index (χ4v) is 3.61. The topological polar surface area (TPSA) is 113 Å². The summed E-state index contributed by atoms with van der Waals surface area (Å²) >= 11 is 0. The number of rotatable bonds is 10. The first-order valence-corrected chi connectivity index (χ1v) is 11.8. The van der Waals surface area contributed by atoms with Crippen molar-refractivity contribution in [1.82, 2.24) is 19.9 Å². The maximum atomic E-state index is 14.7. The van der Waals surface area contributed by atoms with Gasteiger partial charge in [-0.15, -0.1) is 0 Å². The summed E-state index contributed by atoms with van der Waals surface area (Å²) in [7, 11) is 0. The summed E-state index contributed by atoms with van der Waals surface area (Å²) in [6, 6.07) is 10.8. The summed E-state index contributed by atoms with van der Waals surface area (Å²) in [5.41, 5.74) is 0.814. The molecule has 0 saturated carbocycles. The van der Waals surface area contributed by atoms with Crippen LogP contribution in [0.5, 0.6) is 6.01 Å². The molecule has 1 aromatic heterocycles. The summed E-state index contributed by atoms with van der Waals surface area (Å²) < 4.78 is 40.5. The van der Waals surface area contributed by atoms with Crippen LogP contribution in [0.2, 0.25) is 0 Å². The molecule has 0 aliphatic carbocycles. The van der Waals surface area contributed by atoms with Crippen molar-refractivity contribution in [3.8, 4) is 12.1 Å². The lowest BCUT2D eigenvalue weighted by Crippen LogP contribution is -2.37. The molecule has 1 fully saturated rings. The van der Waals surface area contributed by atoms with E-state index in [2.05, 4.69) is 35.3 Å². The van der Waals surface area contributed by atoms with E-state index in [-0.39, 0.29) is 23.5 Å². The zero-order valence-corrected chi connectivity index (χ0v) is 20.3. The van der Waals surface area contributed by atoms with Gasteiger partial charge in [0.1, 0.15) is 17.3 Å². The van der Waals surface area contributed by atoms with Crippen LogP contribution in [0.1, 0.15) is 17.5 Å². The highest BCUT2D eigenvalue weighted by Gasteiger charge is 2.15. The number of benzene rings is 2. The normalized spacial score (nSPS) is 13.6. The maximum Gasteiger partial charge on any atom is 0.323 e. The van der Waals surface area contributed by atoms with E-state index in [4.69, 9.17) is 21.3 Å². The third kappa shape index (κ3) is 7.43. The molecule has 2 aromatic carbocycles. The second kappa shape index (κ2) is 13.1. The molecule has 4 rings (SSSR count). The molecule has 3 aromatic rings. The number of anilines is 4. The Hall–Kier alpha value is -4.65. The van der Waals surface area contributed by atoms with Crippen LogP contribution in [0, 0.1) is 29.5 Å². The van der Waals surface area contributed by atoms with E-state index in [9.17, 15) is 8.78 Å². The maximum absolute atomic E-state index is 14.7. The first-order chi connectivity index (χ1) is 18.5. The van der Waals surface area contributed by atoms with Crippen LogP contribution in [0.15, 0.2) is 42.6 Å². The number of hydrogen-bond acceptors (Lipinski definition) is 9. The predicted molar refractivity (Wildman–Crippen MR) is 137 cm³/mol. The van der Waals surface area contributed by atoms with Gasteiger partial charge in [-0.3, -0.25) is 4.90 Å². The van der Waals surface area contributed by atoms with Gasteiger partial charge in [0.15, 0.2) is 6.20 Å². The van der Waals surface area contributed by atoms with Gasteiger partial charge in [0, 0.05) is 25.3 Å². The first kappa shape index (κ1) is 26.4. The van der Waals surface area contributed by atoms with Crippen LogP contribution in [0.3, 0.4) is 0 Å².